The Morgan fingerprint density at radius 3 is 2.92 bits per heavy atom. The molecule has 0 unspecified atom stereocenters. The fraction of sp³-hybridized carbons (Fsp3) is 0.444. The number of hydrogen-bond acceptors (Lipinski definition) is 5. The number of pyridine rings is 1. The fourth-order valence-electron chi connectivity index (χ4n) is 3.11. The number of furan rings is 1. The number of rotatable bonds is 5. The van der Waals surface area contributed by atoms with Gasteiger partial charge in [0.05, 0.1) is 30.2 Å². The average molecular weight is 330 g/mol. The summed E-state index contributed by atoms with van der Waals surface area (Å²) in [6, 6.07) is 3.63. The molecule has 1 amide bonds. The molecule has 1 aliphatic rings. The number of amides is 1. The quantitative estimate of drug-likeness (QED) is 0.843. The second-order valence-corrected chi connectivity index (χ2v) is 6.05. The molecule has 0 spiro atoms. The Bertz CT molecular complexity index is 679. The molecule has 1 aliphatic heterocycles. The van der Waals surface area contributed by atoms with Gasteiger partial charge < -0.3 is 18.8 Å². The SMILES string of the molecule is CO[C@@H]1C[C@@H](COc2cccnc2)N(C(=O)c2c(C)coc2C)C1. The molecule has 128 valence electrons. The van der Waals surface area contributed by atoms with Crippen molar-refractivity contribution in [3.05, 3.63) is 47.7 Å². The van der Waals surface area contributed by atoms with E-state index in [1.807, 2.05) is 30.9 Å². The Balaban J connectivity index is 1.75. The van der Waals surface area contributed by atoms with Gasteiger partial charge in [-0.05, 0) is 32.4 Å². The van der Waals surface area contributed by atoms with Gasteiger partial charge >= 0.3 is 0 Å². The molecule has 0 aromatic carbocycles. The van der Waals surface area contributed by atoms with Gasteiger partial charge in [-0.1, -0.05) is 0 Å². The summed E-state index contributed by atoms with van der Waals surface area (Å²) in [7, 11) is 1.67. The van der Waals surface area contributed by atoms with Crippen molar-refractivity contribution >= 4 is 5.91 Å². The smallest absolute Gasteiger partial charge is 0.258 e. The van der Waals surface area contributed by atoms with E-state index in [2.05, 4.69) is 4.98 Å². The van der Waals surface area contributed by atoms with Crippen LogP contribution in [-0.2, 0) is 4.74 Å². The summed E-state index contributed by atoms with van der Waals surface area (Å²) in [6.07, 6.45) is 5.75. The van der Waals surface area contributed by atoms with E-state index in [1.165, 1.54) is 0 Å². The van der Waals surface area contributed by atoms with E-state index in [4.69, 9.17) is 13.9 Å². The molecule has 0 bridgehead atoms. The van der Waals surface area contributed by atoms with Crippen molar-refractivity contribution < 1.29 is 18.7 Å². The van der Waals surface area contributed by atoms with E-state index in [9.17, 15) is 4.79 Å². The molecule has 6 nitrogen and oxygen atoms in total. The molecule has 1 saturated heterocycles. The van der Waals surface area contributed by atoms with Gasteiger partial charge in [0.15, 0.2) is 0 Å². The van der Waals surface area contributed by atoms with Crippen molar-refractivity contribution in [1.82, 2.24) is 9.88 Å². The Morgan fingerprint density at radius 1 is 1.46 bits per heavy atom. The Morgan fingerprint density at radius 2 is 2.29 bits per heavy atom. The zero-order valence-corrected chi connectivity index (χ0v) is 14.2. The lowest BCUT2D eigenvalue weighted by Crippen LogP contribution is -2.39. The van der Waals surface area contributed by atoms with Crippen molar-refractivity contribution in [2.75, 3.05) is 20.3 Å². The zero-order valence-electron chi connectivity index (χ0n) is 14.2. The third kappa shape index (κ3) is 3.28. The third-order valence-electron chi connectivity index (χ3n) is 4.42. The number of hydrogen-bond donors (Lipinski definition) is 0. The van der Waals surface area contributed by atoms with Gasteiger partial charge in [0.1, 0.15) is 18.1 Å². The summed E-state index contributed by atoms with van der Waals surface area (Å²) in [5.74, 6) is 1.31. The first-order valence-electron chi connectivity index (χ1n) is 8.01. The van der Waals surface area contributed by atoms with Crippen LogP contribution in [-0.4, -0.2) is 48.2 Å². The second kappa shape index (κ2) is 7.05. The maximum atomic E-state index is 13.0. The normalized spacial score (nSPS) is 20.4. The topological polar surface area (TPSA) is 64.8 Å². The number of carbonyl (C=O) groups is 1. The van der Waals surface area contributed by atoms with Gasteiger partial charge in [-0.25, -0.2) is 0 Å². The molecule has 2 aromatic rings. The van der Waals surface area contributed by atoms with Gasteiger partial charge in [-0.2, -0.15) is 0 Å². The predicted octanol–water partition coefficient (Wildman–Crippen LogP) is 2.60. The molecule has 2 aromatic heterocycles. The van der Waals surface area contributed by atoms with Crippen molar-refractivity contribution in [3.8, 4) is 5.75 Å². The van der Waals surface area contributed by atoms with Crippen LogP contribution in [0, 0.1) is 13.8 Å². The highest BCUT2D eigenvalue weighted by atomic mass is 16.5. The second-order valence-electron chi connectivity index (χ2n) is 6.05. The first-order chi connectivity index (χ1) is 11.6. The molecule has 24 heavy (non-hydrogen) atoms. The fourth-order valence-corrected chi connectivity index (χ4v) is 3.11. The molecule has 0 aliphatic carbocycles. The number of likely N-dealkylation sites (tertiary alicyclic amines) is 1. The van der Waals surface area contributed by atoms with Gasteiger partial charge in [-0.3, -0.25) is 9.78 Å². The first-order valence-corrected chi connectivity index (χ1v) is 8.01. The summed E-state index contributed by atoms with van der Waals surface area (Å²) in [5, 5.41) is 0. The maximum absolute atomic E-state index is 13.0. The minimum atomic E-state index is -0.0450. The lowest BCUT2D eigenvalue weighted by molar-refractivity contribution is 0.0655. The molecule has 0 radical (unpaired) electrons. The minimum Gasteiger partial charge on any atom is -0.490 e. The van der Waals surface area contributed by atoms with E-state index in [0.29, 0.717) is 30.2 Å². The minimum absolute atomic E-state index is 0.0176. The number of carbonyl (C=O) groups excluding carboxylic acids is 1. The van der Waals surface area contributed by atoms with Crippen molar-refractivity contribution in [3.63, 3.8) is 0 Å². The van der Waals surface area contributed by atoms with Crippen molar-refractivity contribution in [1.29, 1.82) is 0 Å². The summed E-state index contributed by atoms with van der Waals surface area (Å²) in [5.41, 5.74) is 1.49. The maximum Gasteiger partial charge on any atom is 0.258 e. The standard InChI is InChI=1S/C18H22N2O4/c1-12-10-23-13(2)17(12)18(21)20-9-16(22-3)7-14(20)11-24-15-5-4-6-19-8-15/h4-6,8,10,14,16H,7,9,11H2,1-3H3/t14-,16+/m0/s1. The molecule has 0 saturated carbocycles. The van der Waals surface area contributed by atoms with Gasteiger partial charge in [0, 0.05) is 25.4 Å². The molecule has 6 heteroatoms. The molecule has 0 N–H and O–H groups in total. The average Bonchev–Trinajstić information content (AvgIpc) is 3.16. The summed E-state index contributed by atoms with van der Waals surface area (Å²) in [4.78, 5) is 18.8. The summed E-state index contributed by atoms with van der Waals surface area (Å²) < 4.78 is 16.6. The van der Waals surface area contributed by atoms with Crippen LogP contribution < -0.4 is 4.74 Å². The van der Waals surface area contributed by atoms with E-state index >= 15 is 0 Å². The van der Waals surface area contributed by atoms with Crippen molar-refractivity contribution in [2.45, 2.75) is 32.4 Å². The Hall–Kier alpha value is -2.34. The molecule has 3 rings (SSSR count). The number of nitrogens with zero attached hydrogens (tertiary/aromatic N) is 2. The number of aromatic nitrogens is 1. The summed E-state index contributed by atoms with van der Waals surface area (Å²) >= 11 is 0. The van der Waals surface area contributed by atoms with Gasteiger partial charge in [0.2, 0.25) is 0 Å². The van der Waals surface area contributed by atoms with Crippen LogP contribution in [0.4, 0.5) is 0 Å². The highest BCUT2D eigenvalue weighted by Gasteiger charge is 2.37. The van der Waals surface area contributed by atoms with Crippen molar-refractivity contribution in [2.24, 2.45) is 0 Å². The van der Waals surface area contributed by atoms with Crippen LogP contribution in [0.25, 0.3) is 0 Å². The largest absolute Gasteiger partial charge is 0.490 e. The monoisotopic (exact) mass is 330 g/mol. The number of ether oxygens (including phenoxy) is 2. The molecular weight excluding hydrogens is 308 g/mol. The Labute approximate surface area is 141 Å². The van der Waals surface area contributed by atoms with Crippen LogP contribution in [0.15, 0.2) is 35.2 Å². The molecule has 2 atom stereocenters. The highest BCUT2D eigenvalue weighted by Crippen LogP contribution is 2.26. The molecular formula is C18H22N2O4. The lowest BCUT2D eigenvalue weighted by atomic mass is 10.1. The molecule has 1 fully saturated rings. The van der Waals surface area contributed by atoms with E-state index in [1.54, 1.807) is 25.8 Å². The summed E-state index contributed by atoms with van der Waals surface area (Å²) in [6.45, 7) is 4.66. The van der Waals surface area contributed by atoms with Crippen LogP contribution in [0.2, 0.25) is 0 Å². The van der Waals surface area contributed by atoms with Crippen LogP contribution in [0.3, 0.4) is 0 Å². The van der Waals surface area contributed by atoms with Gasteiger partial charge in [0.25, 0.3) is 5.91 Å². The first kappa shape index (κ1) is 16.5. The predicted molar refractivity (Wildman–Crippen MR) is 88.2 cm³/mol. The zero-order chi connectivity index (χ0) is 17.1. The van der Waals surface area contributed by atoms with Crippen LogP contribution in [0.5, 0.6) is 5.75 Å². The van der Waals surface area contributed by atoms with E-state index in [-0.39, 0.29) is 18.1 Å². The van der Waals surface area contributed by atoms with E-state index in [0.717, 1.165) is 12.0 Å². The molecule has 3 heterocycles. The number of aryl methyl sites for hydroxylation is 2. The Kier molecular flexibility index (Phi) is 4.85. The van der Waals surface area contributed by atoms with Gasteiger partial charge in [-0.15, -0.1) is 0 Å². The number of methoxy groups -OCH3 is 1. The lowest BCUT2D eigenvalue weighted by Gasteiger charge is -2.24. The third-order valence-corrected chi connectivity index (χ3v) is 4.42. The van der Waals surface area contributed by atoms with Crippen LogP contribution >= 0.6 is 0 Å². The van der Waals surface area contributed by atoms with E-state index < -0.39 is 0 Å². The highest BCUT2D eigenvalue weighted by molar-refractivity contribution is 5.97. The van der Waals surface area contributed by atoms with Crippen LogP contribution in [0.1, 0.15) is 28.1 Å².